The second-order valence-corrected chi connectivity index (χ2v) is 10.4. The SMILES string of the molecule is COc1ncc(-c2cc(OCC3CC3)c3nc(N)nc(C)c3c2)cc1-c1c(F)ccc(S(N)(=O)=O)c1F. The fourth-order valence-corrected chi connectivity index (χ4v) is 4.70. The van der Waals surface area contributed by atoms with Crippen molar-refractivity contribution in [3.05, 3.63) is 53.9 Å². The Morgan fingerprint density at radius 3 is 2.54 bits per heavy atom. The van der Waals surface area contributed by atoms with Crippen molar-refractivity contribution in [2.24, 2.45) is 11.1 Å². The number of hydrogen-bond acceptors (Lipinski definition) is 8. The van der Waals surface area contributed by atoms with Crippen molar-refractivity contribution >= 4 is 26.9 Å². The van der Waals surface area contributed by atoms with Gasteiger partial charge in [0.05, 0.1) is 30.5 Å². The van der Waals surface area contributed by atoms with Gasteiger partial charge >= 0.3 is 0 Å². The van der Waals surface area contributed by atoms with Gasteiger partial charge in [0.1, 0.15) is 22.0 Å². The monoisotopic (exact) mass is 527 g/mol. The number of pyridine rings is 1. The van der Waals surface area contributed by atoms with Crippen LogP contribution in [0.15, 0.2) is 41.4 Å². The highest BCUT2D eigenvalue weighted by molar-refractivity contribution is 7.89. The summed E-state index contributed by atoms with van der Waals surface area (Å²) in [6.45, 7) is 2.31. The fraction of sp³-hybridized carbons (Fsp3) is 0.240. The van der Waals surface area contributed by atoms with E-state index < -0.39 is 32.1 Å². The normalized spacial score (nSPS) is 13.6. The van der Waals surface area contributed by atoms with Crippen LogP contribution in [0.5, 0.6) is 11.6 Å². The van der Waals surface area contributed by atoms with Crippen LogP contribution >= 0.6 is 0 Å². The molecule has 5 rings (SSSR count). The number of nitrogens with two attached hydrogens (primary N) is 2. The van der Waals surface area contributed by atoms with Gasteiger partial charge in [-0.1, -0.05) is 0 Å². The molecule has 1 aliphatic rings. The summed E-state index contributed by atoms with van der Waals surface area (Å²) in [6, 6.07) is 6.61. The number of sulfonamides is 1. The molecule has 1 saturated carbocycles. The second kappa shape index (κ2) is 9.20. The van der Waals surface area contributed by atoms with Crippen molar-refractivity contribution in [3.63, 3.8) is 0 Å². The average Bonchev–Trinajstić information content (AvgIpc) is 3.66. The van der Waals surface area contributed by atoms with Gasteiger partial charge in [-0.2, -0.15) is 0 Å². The van der Waals surface area contributed by atoms with Crippen molar-refractivity contribution in [3.8, 4) is 33.9 Å². The van der Waals surface area contributed by atoms with Crippen molar-refractivity contribution in [2.75, 3.05) is 19.5 Å². The Labute approximate surface area is 211 Å². The van der Waals surface area contributed by atoms with Gasteiger partial charge < -0.3 is 15.2 Å². The maximum atomic E-state index is 15.3. The molecule has 0 atom stereocenters. The smallest absolute Gasteiger partial charge is 0.240 e. The molecule has 1 aliphatic carbocycles. The molecule has 0 amide bonds. The Hall–Kier alpha value is -3.90. The Balaban J connectivity index is 1.71. The number of hydrogen-bond donors (Lipinski definition) is 2. The molecule has 4 N–H and O–H groups in total. The lowest BCUT2D eigenvalue weighted by molar-refractivity contribution is 0.303. The van der Waals surface area contributed by atoms with Gasteiger partial charge in [-0.25, -0.2) is 37.3 Å². The lowest BCUT2D eigenvalue weighted by atomic mass is 9.98. The van der Waals surface area contributed by atoms with Gasteiger partial charge in [-0.3, -0.25) is 0 Å². The minimum absolute atomic E-state index is 0.0914. The maximum absolute atomic E-state index is 15.3. The molecule has 0 unspecified atom stereocenters. The first-order chi connectivity index (χ1) is 17.6. The number of anilines is 1. The molecule has 2 heterocycles. The largest absolute Gasteiger partial charge is 0.491 e. The molecule has 4 aromatic rings. The van der Waals surface area contributed by atoms with Crippen LogP contribution in [0.2, 0.25) is 0 Å². The summed E-state index contributed by atoms with van der Waals surface area (Å²) in [4.78, 5) is 12.0. The summed E-state index contributed by atoms with van der Waals surface area (Å²) in [5.74, 6) is -1.37. The zero-order valence-corrected chi connectivity index (χ0v) is 20.8. The molecule has 0 spiro atoms. The molecule has 2 aromatic carbocycles. The Bertz CT molecular complexity index is 1660. The zero-order valence-electron chi connectivity index (χ0n) is 20.0. The second-order valence-electron chi connectivity index (χ2n) is 8.85. The highest BCUT2D eigenvalue weighted by Gasteiger charge is 2.26. The van der Waals surface area contributed by atoms with Crippen LogP contribution in [0.4, 0.5) is 14.7 Å². The zero-order chi connectivity index (χ0) is 26.5. The van der Waals surface area contributed by atoms with Crippen LogP contribution in [0, 0.1) is 24.5 Å². The highest BCUT2D eigenvalue weighted by Crippen LogP contribution is 2.40. The number of aryl methyl sites for hydroxylation is 1. The summed E-state index contributed by atoms with van der Waals surface area (Å²) in [6.07, 6.45) is 3.66. The topological polar surface area (TPSA) is 143 Å². The number of aromatic nitrogens is 3. The summed E-state index contributed by atoms with van der Waals surface area (Å²) in [5, 5.41) is 5.81. The van der Waals surface area contributed by atoms with Gasteiger partial charge in [0.15, 0.2) is 5.82 Å². The standard InChI is InChI=1S/C25H23F2N5O4S/c1-12-16-7-14(9-19(36-11-13-3-4-13)23(16)32-25(28)31-12)15-8-17(24(35-2)30-10-15)21-18(26)5-6-20(22(21)27)37(29,33)34/h5-10,13H,3-4,11H2,1-2H3,(H2,28,31,32)(H2,29,33,34). The Morgan fingerprint density at radius 2 is 1.86 bits per heavy atom. The van der Waals surface area contributed by atoms with Crippen molar-refractivity contribution < 1.29 is 26.7 Å². The lowest BCUT2D eigenvalue weighted by Gasteiger charge is -2.15. The van der Waals surface area contributed by atoms with E-state index in [4.69, 9.17) is 20.3 Å². The molecular weight excluding hydrogens is 504 g/mol. The van der Waals surface area contributed by atoms with E-state index >= 15 is 4.39 Å². The van der Waals surface area contributed by atoms with Crippen LogP contribution in [0.25, 0.3) is 33.2 Å². The highest BCUT2D eigenvalue weighted by atomic mass is 32.2. The van der Waals surface area contributed by atoms with E-state index in [0.717, 1.165) is 25.0 Å². The molecule has 9 nitrogen and oxygen atoms in total. The number of halogens is 2. The van der Waals surface area contributed by atoms with E-state index in [1.165, 1.54) is 19.4 Å². The number of nitrogens with zero attached hydrogens (tertiary/aromatic N) is 3. The average molecular weight is 528 g/mol. The van der Waals surface area contributed by atoms with Crippen molar-refractivity contribution in [1.82, 2.24) is 15.0 Å². The number of rotatable bonds is 7. The predicted octanol–water partition coefficient (Wildman–Crippen LogP) is 3.97. The van der Waals surface area contributed by atoms with E-state index in [-0.39, 0.29) is 17.4 Å². The number of fused-ring (bicyclic) bond motifs is 1. The van der Waals surface area contributed by atoms with Crippen molar-refractivity contribution in [2.45, 2.75) is 24.7 Å². The van der Waals surface area contributed by atoms with Crippen molar-refractivity contribution in [1.29, 1.82) is 0 Å². The molecule has 0 saturated heterocycles. The van der Waals surface area contributed by atoms with Crippen LogP contribution in [0.1, 0.15) is 18.5 Å². The minimum atomic E-state index is -4.45. The molecule has 0 aliphatic heterocycles. The van der Waals surface area contributed by atoms with Crippen LogP contribution in [0.3, 0.4) is 0 Å². The first kappa shape index (κ1) is 24.8. The molecule has 192 valence electrons. The summed E-state index contributed by atoms with van der Waals surface area (Å²) >= 11 is 0. The quantitative estimate of drug-likeness (QED) is 0.367. The van der Waals surface area contributed by atoms with Gasteiger partial charge in [0.2, 0.25) is 21.9 Å². The Kier molecular flexibility index (Phi) is 6.16. The molecule has 37 heavy (non-hydrogen) atoms. The maximum Gasteiger partial charge on any atom is 0.240 e. The fourth-order valence-electron chi connectivity index (χ4n) is 4.09. The molecule has 2 aromatic heterocycles. The summed E-state index contributed by atoms with van der Waals surface area (Å²) in [7, 11) is -3.17. The van der Waals surface area contributed by atoms with Gasteiger partial charge in [0, 0.05) is 17.1 Å². The third-order valence-corrected chi connectivity index (χ3v) is 7.08. The Morgan fingerprint density at radius 1 is 1.11 bits per heavy atom. The molecule has 0 radical (unpaired) electrons. The number of methoxy groups -OCH3 is 1. The number of primary sulfonamides is 1. The number of ether oxygens (including phenoxy) is 2. The van der Waals surface area contributed by atoms with Gasteiger partial charge in [-0.15, -0.1) is 0 Å². The van der Waals surface area contributed by atoms with Crippen LogP contribution in [-0.2, 0) is 10.0 Å². The minimum Gasteiger partial charge on any atom is -0.491 e. The third kappa shape index (κ3) is 4.77. The predicted molar refractivity (Wildman–Crippen MR) is 133 cm³/mol. The number of nitrogen functional groups attached to an aromatic ring is 1. The van der Waals surface area contributed by atoms with E-state index in [1.54, 1.807) is 19.1 Å². The van der Waals surface area contributed by atoms with E-state index in [9.17, 15) is 12.8 Å². The van der Waals surface area contributed by atoms with E-state index in [1.807, 2.05) is 0 Å². The first-order valence-corrected chi connectivity index (χ1v) is 12.9. The number of benzene rings is 2. The van der Waals surface area contributed by atoms with E-state index in [2.05, 4.69) is 15.0 Å². The molecule has 1 fully saturated rings. The lowest BCUT2D eigenvalue weighted by Crippen LogP contribution is -2.15. The van der Waals surface area contributed by atoms with Crippen LogP contribution < -0.4 is 20.3 Å². The molecule has 12 heteroatoms. The molecule has 0 bridgehead atoms. The van der Waals surface area contributed by atoms with Gasteiger partial charge in [-0.05, 0) is 61.6 Å². The third-order valence-electron chi connectivity index (χ3n) is 6.15. The first-order valence-electron chi connectivity index (χ1n) is 11.3. The van der Waals surface area contributed by atoms with Gasteiger partial charge in [0.25, 0.3) is 0 Å². The summed E-state index contributed by atoms with van der Waals surface area (Å²) in [5.41, 5.74) is 7.40. The van der Waals surface area contributed by atoms with E-state index in [0.29, 0.717) is 46.0 Å². The summed E-state index contributed by atoms with van der Waals surface area (Å²) < 4.78 is 65.2. The molecular formula is C25H23F2N5O4S. The van der Waals surface area contributed by atoms with Crippen LogP contribution in [-0.4, -0.2) is 37.1 Å².